The smallest absolute Gasteiger partial charge is 0.304 e. The SMILES string of the molecule is COCC(O)CNCc1ccc([N+](=O)[O-])c(F)c1. The van der Waals surface area contributed by atoms with Crippen LogP contribution in [0.3, 0.4) is 0 Å². The van der Waals surface area contributed by atoms with Crippen LogP contribution in [-0.4, -0.2) is 36.4 Å². The number of aliphatic hydroxyl groups excluding tert-OH is 1. The summed E-state index contributed by atoms with van der Waals surface area (Å²) in [5.74, 6) is -0.864. The van der Waals surface area contributed by atoms with Gasteiger partial charge in [0.2, 0.25) is 5.82 Å². The summed E-state index contributed by atoms with van der Waals surface area (Å²) in [6.45, 7) is 0.823. The number of hydrogen-bond donors (Lipinski definition) is 2. The number of halogens is 1. The van der Waals surface area contributed by atoms with Crippen molar-refractivity contribution in [3.05, 3.63) is 39.7 Å². The van der Waals surface area contributed by atoms with Crippen molar-refractivity contribution in [2.75, 3.05) is 20.3 Å². The Morgan fingerprint density at radius 3 is 2.89 bits per heavy atom. The molecule has 0 amide bonds. The number of nitro groups is 1. The predicted molar refractivity (Wildman–Crippen MR) is 62.6 cm³/mol. The minimum atomic E-state index is -0.864. The van der Waals surface area contributed by atoms with Crippen molar-refractivity contribution >= 4 is 5.69 Å². The van der Waals surface area contributed by atoms with Crippen molar-refractivity contribution in [2.45, 2.75) is 12.6 Å². The maximum Gasteiger partial charge on any atom is 0.304 e. The first-order chi connectivity index (χ1) is 8.54. The van der Waals surface area contributed by atoms with Gasteiger partial charge in [-0.2, -0.15) is 4.39 Å². The quantitative estimate of drug-likeness (QED) is 0.559. The van der Waals surface area contributed by atoms with Crippen LogP contribution in [0.25, 0.3) is 0 Å². The molecule has 0 heterocycles. The third kappa shape index (κ3) is 4.36. The number of benzene rings is 1. The Bertz CT molecular complexity index is 414. The number of ether oxygens (including phenoxy) is 1. The van der Waals surface area contributed by atoms with E-state index in [0.717, 1.165) is 12.1 Å². The Balaban J connectivity index is 2.49. The molecule has 1 aromatic rings. The van der Waals surface area contributed by atoms with Gasteiger partial charge < -0.3 is 15.2 Å². The van der Waals surface area contributed by atoms with Crippen molar-refractivity contribution in [1.29, 1.82) is 0 Å². The van der Waals surface area contributed by atoms with Gasteiger partial charge in [0.25, 0.3) is 0 Å². The van der Waals surface area contributed by atoms with Crippen LogP contribution in [0.4, 0.5) is 10.1 Å². The van der Waals surface area contributed by atoms with Crippen molar-refractivity contribution in [2.24, 2.45) is 0 Å². The summed E-state index contributed by atoms with van der Waals surface area (Å²) in [5, 5.41) is 22.7. The van der Waals surface area contributed by atoms with Crippen molar-refractivity contribution < 1.29 is 19.2 Å². The van der Waals surface area contributed by atoms with Gasteiger partial charge >= 0.3 is 5.69 Å². The summed E-state index contributed by atoms with van der Waals surface area (Å²) in [5.41, 5.74) is 0.0286. The van der Waals surface area contributed by atoms with Gasteiger partial charge in [-0.15, -0.1) is 0 Å². The number of nitrogens with one attached hydrogen (secondary N) is 1. The summed E-state index contributed by atoms with van der Waals surface area (Å²) in [6.07, 6.45) is -0.641. The minimum absolute atomic E-state index is 0.210. The highest BCUT2D eigenvalue weighted by molar-refractivity contribution is 5.34. The van der Waals surface area contributed by atoms with E-state index >= 15 is 0 Å². The standard InChI is InChI=1S/C11H15FN2O4/c1-18-7-9(15)6-13-5-8-2-3-11(14(16)17)10(12)4-8/h2-4,9,13,15H,5-7H2,1H3. The Kier molecular flexibility index (Phi) is 5.63. The molecule has 1 unspecified atom stereocenters. The Labute approximate surface area is 104 Å². The molecule has 0 aliphatic rings. The second-order valence-electron chi connectivity index (χ2n) is 3.78. The molecule has 0 fully saturated rings. The zero-order valence-corrected chi connectivity index (χ0v) is 9.93. The summed E-state index contributed by atoms with van der Waals surface area (Å²) in [7, 11) is 1.48. The van der Waals surface area contributed by atoms with Gasteiger partial charge in [0.05, 0.1) is 17.6 Å². The van der Waals surface area contributed by atoms with E-state index in [-0.39, 0.29) is 6.61 Å². The van der Waals surface area contributed by atoms with E-state index in [2.05, 4.69) is 5.32 Å². The number of rotatable bonds is 7. The molecule has 100 valence electrons. The molecule has 1 atom stereocenters. The van der Waals surface area contributed by atoms with Crippen LogP contribution in [0.5, 0.6) is 0 Å². The maximum absolute atomic E-state index is 13.3. The molecule has 0 aliphatic carbocycles. The third-order valence-corrected chi connectivity index (χ3v) is 2.28. The fraction of sp³-hybridized carbons (Fsp3) is 0.455. The van der Waals surface area contributed by atoms with Gasteiger partial charge in [0.15, 0.2) is 0 Å². The largest absolute Gasteiger partial charge is 0.389 e. The van der Waals surface area contributed by atoms with Crippen LogP contribution >= 0.6 is 0 Å². The molecule has 0 spiro atoms. The van der Waals surface area contributed by atoms with Crippen LogP contribution in [-0.2, 0) is 11.3 Å². The van der Waals surface area contributed by atoms with Crippen LogP contribution in [0.15, 0.2) is 18.2 Å². The molecule has 18 heavy (non-hydrogen) atoms. The van der Waals surface area contributed by atoms with E-state index in [4.69, 9.17) is 4.74 Å². The van der Waals surface area contributed by atoms with Crippen molar-refractivity contribution in [1.82, 2.24) is 5.32 Å². The lowest BCUT2D eigenvalue weighted by molar-refractivity contribution is -0.387. The van der Waals surface area contributed by atoms with Crippen molar-refractivity contribution in [3.63, 3.8) is 0 Å². The number of hydrogen-bond acceptors (Lipinski definition) is 5. The molecule has 0 radical (unpaired) electrons. The average molecular weight is 258 g/mol. The molecule has 0 saturated heterocycles. The van der Waals surface area contributed by atoms with E-state index in [1.807, 2.05) is 0 Å². The van der Waals surface area contributed by atoms with Crippen LogP contribution in [0.1, 0.15) is 5.56 Å². The third-order valence-electron chi connectivity index (χ3n) is 2.28. The fourth-order valence-corrected chi connectivity index (χ4v) is 1.44. The highest BCUT2D eigenvalue weighted by Crippen LogP contribution is 2.17. The number of nitro benzene ring substituents is 1. The Morgan fingerprint density at radius 2 is 2.33 bits per heavy atom. The van der Waals surface area contributed by atoms with E-state index in [1.165, 1.54) is 13.2 Å². The van der Waals surface area contributed by atoms with Crippen molar-refractivity contribution in [3.8, 4) is 0 Å². The molecule has 0 saturated carbocycles. The minimum Gasteiger partial charge on any atom is -0.389 e. The zero-order valence-electron chi connectivity index (χ0n) is 9.93. The van der Waals surface area contributed by atoms with Crippen LogP contribution < -0.4 is 5.32 Å². The first-order valence-electron chi connectivity index (χ1n) is 5.35. The summed E-state index contributed by atoms with van der Waals surface area (Å²) < 4.78 is 18.0. The summed E-state index contributed by atoms with van der Waals surface area (Å²) in [4.78, 5) is 9.64. The number of aliphatic hydroxyl groups is 1. The Hall–Kier alpha value is -1.57. The molecule has 6 nitrogen and oxygen atoms in total. The topological polar surface area (TPSA) is 84.6 Å². The molecule has 2 N–H and O–H groups in total. The second-order valence-corrected chi connectivity index (χ2v) is 3.78. The monoisotopic (exact) mass is 258 g/mol. The van der Waals surface area contributed by atoms with E-state index in [0.29, 0.717) is 18.7 Å². The highest BCUT2D eigenvalue weighted by atomic mass is 19.1. The molecule has 0 aliphatic heterocycles. The fourth-order valence-electron chi connectivity index (χ4n) is 1.44. The van der Waals surface area contributed by atoms with Gasteiger partial charge in [-0.1, -0.05) is 6.07 Å². The molecule has 1 rings (SSSR count). The summed E-state index contributed by atoms with van der Waals surface area (Å²) >= 11 is 0. The van der Waals surface area contributed by atoms with Crippen LogP contribution in [0, 0.1) is 15.9 Å². The van der Waals surface area contributed by atoms with E-state index < -0.39 is 22.5 Å². The summed E-state index contributed by atoms with van der Waals surface area (Å²) in [6, 6.07) is 3.70. The predicted octanol–water partition coefficient (Wildman–Crippen LogP) is 0.831. The molecule has 0 aromatic heterocycles. The average Bonchev–Trinajstić information content (AvgIpc) is 2.29. The molecule has 0 bridgehead atoms. The van der Waals surface area contributed by atoms with E-state index in [9.17, 15) is 19.6 Å². The highest BCUT2D eigenvalue weighted by Gasteiger charge is 2.13. The number of nitrogens with zero attached hydrogens (tertiary/aromatic N) is 1. The first kappa shape index (κ1) is 14.5. The maximum atomic E-state index is 13.3. The van der Waals surface area contributed by atoms with Crippen LogP contribution in [0.2, 0.25) is 0 Å². The lowest BCUT2D eigenvalue weighted by Gasteiger charge is -2.10. The molecule has 1 aromatic carbocycles. The van der Waals surface area contributed by atoms with E-state index in [1.54, 1.807) is 0 Å². The molecular weight excluding hydrogens is 243 g/mol. The molecular formula is C11H15FN2O4. The lowest BCUT2D eigenvalue weighted by atomic mass is 10.2. The molecule has 7 heteroatoms. The van der Waals surface area contributed by atoms with Gasteiger partial charge in [-0.25, -0.2) is 0 Å². The number of methoxy groups -OCH3 is 1. The first-order valence-corrected chi connectivity index (χ1v) is 5.35. The second kappa shape index (κ2) is 7.00. The van der Waals surface area contributed by atoms with Gasteiger partial charge in [-0.3, -0.25) is 10.1 Å². The lowest BCUT2D eigenvalue weighted by Crippen LogP contribution is -2.29. The van der Waals surface area contributed by atoms with Gasteiger partial charge in [0, 0.05) is 26.3 Å². The zero-order chi connectivity index (χ0) is 13.5. The normalized spacial score (nSPS) is 12.4. The Morgan fingerprint density at radius 1 is 1.61 bits per heavy atom. The van der Waals surface area contributed by atoms with Gasteiger partial charge in [-0.05, 0) is 11.6 Å². The van der Waals surface area contributed by atoms with Gasteiger partial charge in [0.1, 0.15) is 0 Å².